The number of halogens is 6. The number of ether oxygens (including phenoxy) is 1. The van der Waals surface area contributed by atoms with Crippen LogP contribution in [0.4, 0.5) is 24.7 Å². The molecule has 1 N–H and O–H groups in total. The number of amides is 4. The minimum Gasteiger partial charge on any atom is -0.504 e. The summed E-state index contributed by atoms with van der Waals surface area (Å²) in [6.45, 7) is 0. The Hall–Kier alpha value is -4.92. The highest BCUT2D eigenvalue weighted by Crippen LogP contribution is 2.66. The summed E-state index contributed by atoms with van der Waals surface area (Å²) >= 11 is 16.2. The number of nitrogens with zero attached hydrogens (tertiary/aromatic N) is 4. The Morgan fingerprint density at radius 3 is 2.36 bits per heavy atom. The van der Waals surface area contributed by atoms with Gasteiger partial charge in [0.2, 0.25) is 11.8 Å². The Kier molecular flexibility index (Phi) is 9.24. The van der Waals surface area contributed by atoms with Gasteiger partial charge in [-0.1, -0.05) is 87.2 Å². The van der Waals surface area contributed by atoms with Crippen molar-refractivity contribution in [3.8, 4) is 11.5 Å². The van der Waals surface area contributed by atoms with Gasteiger partial charge in [0, 0.05) is 28.0 Å². The predicted octanol–water partition coefficient (Wildman–Crippen LogP) is 8.10. The molecule has 1 saturated carbocycles. The number of allylic oxidation sites excluding steroid dienone is 2. The van der Waals surface area contributed by atoms with Crippen LogP contribution in [-0.2, 0) is 30.8 Å². The van der Waals surface area contributed by atoms with E-state index in [1.807, 2.05) is 0 Å². The zero-order chi connectivity index (χ0) is 40.0. The number of imide groups is 2. The fourth-order valence-corrected chi connectivity index (χ4v) is 10.1. The molecule has 16 heteroatoms. The van der Waals surface area contributed by atoms with Crippen molar-refractivity contribution in [1.82, 2.24) is 9.99 Å². The zero-order valence-electron chi connectivity index (χ0n) is 29.4. The van der Waals surface area contributed by atoms with Crippen LogP contribution in [0, 0.1) is 23.7 Å². The summed E-state index contributed by atoms with van der Waals surface area (Å²) in [5, 5.41) is 13.6. The molecular formula is C40H30BrCl2F3N4O6. The van der Waals surface area contributed by atoms with E-state index in [-0.39, 0.29) is 45.6 Å². The molecule has 3 fully saturated rings. The van der Waals surface area contributed by atoms with Crippen molar-refractivity contribution in [3.05, 3.63) is 122 Å². The van der Waals surface area contributed by atoms with Crippen molar-refractivity contribution in [1.29, 1.82) is 0 Å². The molecule has 4 aromatic rings. The minimum absolute atomic E-state index is 0.00719. The maximum absolute atomic E-state index is 15.4. The summed E-state index contributed by atoms with van der Waals surface area (Å²) < 4.78 is 47.2. The Bertz CT molecular complexity index is 2380. The fraction of sp³-hybridized carbons (Fsp3) is 0.275. The molecule has 2 saturated heterocycles. The van der Waals surface area contributed by atoms with Gasteiger partial charge in [0.25, 0.3) is 11.8 Å². The second kappa shape index (κ2) is 13.6. The van der Waals surface area contributed by atoms with Crippen LogP contribution in [0.1, 0.15) is 35.6 Å². The fourth-order valence-electron chi connectivity index (χ4n) is 9.25. The Labute approximate surface area is 336 Å². The van der Waals surface area contributed by atoms with Crippen LogP contribution in [0.5, 0.6) is 11.5 Å². The van der Waals surface area contributed by atoms with E-state index in [0.717, 1.165) is 21.0 Å². The first-order valence-electron chi connectivity index (χ1n) is 17.4. The molecule has 4 amide bonds. The molecule has 0 unspecified atom stereocenters. The lowest BCUT2D eigenvalue weighted by atomic mass is 9.49. The van der Waals surface area contributed by atoms with Gasteiger partial charge in [-0.25, -0.2) is 9.88 Å². The van der Waals surface area contributed by atoms with Crippen molar-refractivity contribution in [3.63, 3.8) is 0 Å². The minimum atomic E-state index is -4.83. The van der Waals surface area contributed by atoms with E-state index in [2.05, 4.69) is 20.9 Å². The van der Waals surface area contributed by atoms with Crippen LogP contribution in [0.15, 0.2) is 95.0 Å². The molecule has 6 atom stereocenters. The van der Waals surface area contributed by atoms with E-state index in [1.54, 1.807) is 66.7 Å². The summed E-state index contributed by atoms with van der Waals surface area (Å²) in [7, 11) is 2.60. The number of methoxy groups -OCH3 is 1. The highest BCUT2D eigenvalue weighted by Gasteiger charge is 2.71. The van der Waals surface area contributed by atoms with Crippen molar-refractivity contribution in [2.75, 3.05) is 24.1 Å². The lowest BCUT2D eigenvalue weighted by molar-refractivity contribution is -0.141. The molecule has 2 aliphatic heterocycles. The number of fused-ring (bicyclic) bond motifs is 4. The third-order valence-electron chi connectivity index (χ3n) is 11.5. The lowest BCUT2D eigenvalue weighted by Crippen LogP contribution is -2.53. The normalized spacial score (nSPS) is 25.9. The molecule has 0 bridgehead atoms. The number of alkyl halides is 3. The van der Waals surface area contributed by atoms with Gasteiger partial charge in [-0.15, -0.1) is 0 Å². The van der Waals surface area contributed by atoms with Gasteiger partial charge in [0.05, 0.1) is 41.0 Å². The van der Waals surface area contributed by atoms with Crippen molar-refractivity contribution < 1.29 is 42.2 Å². The maximum atomic E-state index is 15.4. The number of hydrogen-bond donors (Lipinski definition) is 1. The first-order valence-corrected chi connectivity index (χ1v) is 19.0. The van der Waals surface area contributed by atoms with Crippen LogP contribution in [0.3, 0.4) is 0 Å². The number of phenols is 1. The van der Waals surface area contributed by atoms with Gasteiger partial charge >= 0.3 is 6.18 Å². The summed E-state index contributed by atoms with van der Waals surface area (Å²) in [6.07, 6.45) is -3.11. The highest BCUT2D eigenvalue weighted by molar-refractivity contribution is 9.10. The van der Waals surface area contributed by atoms with Crippen LogP contribution in [0.25, 0.3) is 0 Å². The number of benzene rings is 3. The molecule has 3 aromatic carbocycles. The van der Waals surface area contributed by atoms with Crippen LogP contribution >= 0.6 is 39.1 Å². The van der Waals surface area contributed by atoms with Crippen molar-refractivity contribution in [2.24, 2.45) is 23.7 Å². The number of hydrazine groups is 1. The summed E-state index contributed by atoms with van der Waals surface area (Å²) in [5.74, 6) is -8.40. The third-order valence-corrected chi connectivity index (χ3v) is 12.5. The molecule has 8 rings (SSSR count). The number of pyridine rings is 1. The molecular weight excluding hydrogens is 840 g/mol. The quantitative estimate of drug-likeness (QED) is 0.153. The van der Waals surface area contributed by atoms with E-state index in [4.69, 9.17) is 27.9 Å². The highest BCUT2D eigenvalue weighted by atomic mass is 79.9. The van der Waals surface area contributed by atoms with Crippen molar-refractivity contribution >= 4 is 74.3 Å². The summed E-state index contributed by atoms with van der Waals surface area (Å²) in [6, 6.07) is 20.0. The molecule has 10 nitrogen and oxygen atoms in total. The summed E-state index contributed by atoms with van der Waals surface area (Å²) in [5.41, 5.74) is -1.47. The van der Waals surface area contributed by atoms with Gasteiger partial charge in [-0.2, -0.15) is 18.2 Å². The zero-order valence-corrected chi connectivity index (χ0v) is 32.5. The van der Waals surface area contributed by atoms with E-state index in [0.29, 0.717) is 21.7 Å². The van der Waals surface area contributed by atoms with E-state index in [1.165, 1.54) is 20.2 Å². The first kappa shape index (κ1) is 38.0. The topological polar surface area (TPSA) is 120 Å². The largest absolute Gasteiger partial charge is 0.504 e. The van der Waals surface area contributed by atoms with E-state index < -0.39 is 76.3 Å². The average Bonchev–Trinajstić information content (AvgIpc) is 3.56. The van der Waals surface area contributed by atoms with Gasteiger partial charge in [0.1, 0.15) is 5.69 Å². The predicted molar refractivity (Wildman–Crippen MR) is 203 cm³/mol. The number of aromatic hydroxyl groups is 1. The Balaban J connectivity index is 1.33. The molecule has 1 aromatic heterocycles. The smallest absolute Gasteiger partial charge is 0.433 e. The monoisotopic (exact) mass is 868 g/mol. The van der Waals surface area contributed by atoms with Crippen LogP contribution in [-0.4, -0.2) is 52.9 Å². The van der Waals surface area contributed by atoms with Gasteiger partial charge in [-0.05, 0) is 66.8 Å². The second-order valence-corrected chi connectivity index (χ2v) is 15.9. The number of rotatable bonds is 6. The molecule has 288 valence electrons. The third kappa shape index (κ3) is 5.54. The maximum Gasteiger partial charge on any atom is 0.433 e. The van der Waals surface area contributed by atoms with Gasteiger partial charge in [0.15, 0.2) is 17.3 Å². The molecule has 2 aliphatic carbocycles. The number of aromatic nitrogens is 1. The number of hydrogen-bond acceptors (Lipinski definition) is 8. The Morgan fingerprint density at radius 2 is 1.68 bits per heavy atom. The lowest BCUT2D eigenvalue weighted by Gasteiger charge is -2.50. The second-order valence-electron chi connectivity index (χ2n) is 14.2. The molecule has 4 aliphatic rings. The SMILES string of the molecule is COc1cc(Br)cc([C@H]2C3=CC[C@@H]4C(=O)N(N(C)c5nc(C(F)(F)F)ccc5Cl)C(=O)[C@@H]4[C@@H]3C[C@H]3C(=O)N(c4cccc(Cl)c4)C(=O)[C@@]23c2ccccc2)c1O. The molecule has 56 heavy (non-hydrogen) atoms. The van der Waals surface area contributed by atoms with Gasteiger partial charge < -0.3 is 9.84 Å². The average molecular weight is 871 g/mol. The van der Waals surface area contributed by atoms with Crippen LogP contribution in [0.2, 0.25) is 10.0 Å². The first-order chi connectivity index (χ1) is 26.6. The van der Waals surface area contributed by atoms with E-state index in [9.17, 15) is 32.7 Å². The molecule has 0 radical (unpaired) electrons. The number of phenolic OH excluding ortho intramolecular Hbond substituents is 1. The van der Waals surface area contributed by atoms with Crippen LogP contribution < -0.4 is 14.6 Å². The Morgan fingerprint density at radius 1 is 0.946 bits per heavy atom. The standard InChI is InChI=1S/C40H30BrCl2F3N4O6/c1-48(34-28(43)13-14-30(47-34)40(44,45)46)50-35(52)24-12-11-23-25(31(24)37(50)54)18-27-36(53)49(22-10-6-9-21(42)17-22)38(55)39(27,19-7-4-3-5-8-19)32(23)26-15-20(41)16-29(56-2)33(26)51/h3-11,13-17,24-25,27,31-32,51H,12,18H2,1-2H3/t24-,25+,27-,31-,32+,39+/m0/s1. The number of carbonyl (C=O) groups is 4. The molecule has 3 heterocycles. The summed E-state index contributed by atoms with van der Waals surface area (Å²) in [4.78, 5) is 64.0. The number of anilines is 2. The van der Waals surface area contributed by atoms with E-state index >= 15 is 4.79 Å². The number of carbonyl (C=O) groups excluding carboxylic acids is 4. The van der Waals surface area contributed by atoms with Crippen molar-refractivity contribution in [2.45, 2.75) is 30.4 Å². The molecule has 0 spiro atoms. The van der Waals surface area contributed by atoms with Gasteiger partial charge in [-0.3, -0.25) is 24.2 Å².